The van der Waals surface area contributed by atoms with Gasteiger partial charge in [0.15, 0.2) is 0 Å². The Kier molecular flexibility index (Phi) is 4.92. The van der Waals surface area contributed by atoms with Crippen molar-refractivity contribution in [1.82, 2.24) is 5.32 Å². The maximum Gasteiger partial charge on any atom is 0.269 e. The number of hydrogen-bond acceptors (Lipinski definition) is 3. The summed E-state index contributed by atoms with van der Waals surface area (Å²) in [5.41, 5.74) is 1.28. The van der Waals surface area contributed by atoms with Crippen molar-refractivity contribution < 1.29 is 4.92 Å². The fourth-order valence-electron chi connectivity index (χ4n) is 1.39. The minimum absolute atomic E-state index is 0.152. The molecule has 0 aromatic heterocycles. The van der Waals surface area contributed by atoms with Crippen molar-refractivity contribution in [3.8, 4) is 0 Å². The third-order valence-electron chi connectivity index (χ3n) is 2.67. The summed E-state index contributed by atoms with van der Waals surface area (Å²) in [6.07, 6.45) is 2.02. The van der Waals surface area contributed by atoms with Crippen LogP contribution in [0.15, 0.2) is 24.3 Å². The average Bonchev–Trinajstić information content (AvgIpc) is 2.29. The van der Waals surface area contributed by atoms with Crippen molar-refractivity contribution in [1.29, 1.82) is 0 Å². The van der Waals surface area contributed by atoms with Gasteiger partial charge in [-0.2, -0.15) is 0 Å². The molecular formula is C12H18N2O2. The summed E-state index contributed by atoms with van der Waals surface area (Å²) in [5, 5.41) is 13.8. The Hall–Kier alpha value is -1.42. The quantitative estimate of drug-likeness (QED) is 0.594. The molecule has 0 saturated carbocycles. The molecule has 0 saturated heterocycles. The monoisotopic (exact) mass is 222 g/mol. The van der Waals surface area contributed by atoms with Gasteiger partial charge in [-0.25, -0.2) is 0 Å². The molecule has 1 N–H and O–H groups in total. The van der Waals surface area contributed by atoms with E-state index in [-0.39, 0.29) is 10.6 Å². The molecule has 0 bridgehead atoms. The Labute approximate surface area is 95.8 Å². The molecule has 4 heteroatoms. The van der Waals surface area contributed by atoms with Crippen LogP contribution in [0.2, 0.25) is 0 Å². The number of nitrogens with one attached hydrogen (secondary N) is 1. The second kappa shape index (κ2) is 6.23. The van der Waals surface area contributed by atoms with E-state index in [4.69, 9.17) is 0 Å². The van der Waals surface area contributed by atoms with Gasteiger partial charge in [0.2, 0.25) is 0 Å². The molecule has 0 aliphatic heterocycles. The molecule has 16 heavy (non-hydrogen) atoms. The molecule has 0 aliphatic rings. The third-order valence-corrected chi connectivity index (χ3v) is 2.67. The van der Waals surface area contributed by atoms with Gasteiger partial charge < -0.3 is 5.32 Å². The van der Waals surface area contributed by atoms with Gasteiger partial charge in [0.05, 0.1) is 4.92 Å². The standard InChI is InChI=1S/C12H18N2O2/c1-3-10(2)13-9-8-11-4-6-12(7-5-11)14(15)16/h4-7,10,13H,3,8-9H2,1-2H3. The highest BCUT2D eigenvalue weighted by molar-refractivity contribution is 5.32. The van der Waals surface area contributed by atoms with Crippen LogP contribution in [-0.4, -0.2) is 17.5 Å². The first-order valence-electron chi connectivity index (χ1n) is 5.60. The summed E-state index contributed by atoms with van der Waals surface area (Å²) in [4.78, 5) is 10.1. The van der Waals surface area contributed by atoms with Crippen LogP contribution in [0.1, 0.15) is 25.8 Å². The molecule has 0 heterocycles. The summed E-state index contributed by atoms with van der Waals surface area (Å²) in [7, 11) is 0. The highest BCUT2D eigenvalue weighted by Gasteiger charge is 2.03. The highest BCUT2D eigenvalue weighted by atomic mass is 16.6. The molecular weight excluding hydrogens is 204 g/mol. The summed E-state index contributed by atoms with van der Waals surface area (Å²) < 4.78 is 0. The Balaban J connectivity index is 2.40. The SMILES string of the molecule is CCC(C)NCCc1ccc([N+](=O)[O-])cc1. The number of hydrogen-bond donors (Lipinski definition) is 1. The van der Waals surface area contributed by atoms with Crippen molar-refractivity contribution >= 4 is 5.69 Å². The Morgan fingerprint density at radius 2 is 2.00 bits per heavy atom. The number of nitro groups is 1. The lowest BCUT2D eigenvalue weighted by molar-refractivity contribution is -0.384. The molecule has 1 aromatic carbocycles. The molecule has 1 aromatic rings. The Morgan fingerprint density at radius 1 is 1.38 bits per heavy atom. The number of nitro benzene ring substituents is 1. The van der Waals surface area contributed by atoms with E-state index >= 15 is 0 Å². The summed E-state index contributed by atoms with van der Waals surface area (Å²) in [5.74, 6) is 0. The Morgan fingerprint density at radius 3 is 2.50 bits per heavy atom. The van der Waals surface area contributed by atoms with E-state index < -0.39 is 0 Å². The van der Waals surface area contributed by atoms with E-state index in [0.717, 1.165) is 24.9 Å². The molecule has 1 unspecified atom stereocenters. The van der Waals surface area contributed by atoms with E-state index in [1.165, 1.54) is 0 Å². The van der Waals surface area contributed by atoms with Crippen LogP contribution in [0.4, 0.5) is 5.69 Å². The van der Waals surface area contributed by atoms with Crippen LogP contribution in [-0.2, 0) is 6.42 Å². The molecule has 88 valence electrons. The van der Waals surface area contributed by atoms with Gasteiger partial charge in [-0.3, -0.25) is 10.1 Å². The minimum Gasteiger partial charge on any atom is -0.314 e. The average molecular weight is 222 g/mol. The van der Waals surface area contributed by atoms with Crippen molar-refractivity contribution in [2.24, 2.45) is 0 Å². The van der Waals surface area contributed by atoms with Crippen LogP contribution in [0.25, 0.3) is 0 Å². The maximum atomic E-state index is 10.4. The molecule has 0 fully saturated rings. The normalized spacial score (nSPS) is 12.4. The number of benzene rings is 1. The van der Waals surface area contributed by atoms with Crippen molar-refractivity contribution in [2.45, 2.75) is 32.7 Å². The first-order valence-corrected chi connectivity index (χ1v) is 5.60. The largest absolute Gasteiger partial charge is 0.314 e. The van der Waals surface area contributed by atoms with Gasteiger partial charge in [0, 0.05) is 18.2 Å². The number of nitrogens with zero attached hydrogens (tertiary/aromatic N) is 1. The predicted molar refractivity (Wildman–Crippen MR) is 64.6 cm³/mol. The van der Waals surface area contributed by atoms with Crippen LogP contribution >= 0.6 is 0 Å². The van der Waals surface area contributed by atoms with Crippen LogP contribution < -0.4 is 5.32 Å². The Bertz CT molecular complexity index is 335. The van der Waals surface area contributed by atoms with Gasteiger partial charge >= 0.3 is 0 Å². The molecule has 0 amide bonds. The number of non-ortho nitro benzene ring substituents is 1. The lowest BCUT2D eigenvalue weighted by Crippen LogP contribution is -2.27. The topological polar surface area (TPSA) is 55.2 Å². The lowest BCUT2D eigenvalue weighted by atomic mass is 10.1. The zero-order chi connectivity index (χ0) is 12.0. The van der Waals surface area contributed by atoms with Crippen LogP contribution in [0.3, 0.4) is 0 Å². The molecule has 0 spiro atoms. The van der Waals surface area contributed by atoms with Crippen molar-refractivity contribution in [3.63, 3.8) is 0 Å². The maximum absolute atomic E-state index is 10.4. The fourth-order valence-corrected chi connectivity index (χ4v) is 1.39. The van der Waals surface area contributed by atoms with Gasteiger partial charge in [0.1, 0.15) is 0 Å². The van der Waals surface area contributed by atoms with Crippen molar-refractivity contribution in [2.75, 3.05) is 6.54 Å². The van der Waals surface area contributed by atoms with Gasteiger partial charge in [-0.05, 0) is 31.9 Å². The van der Waals surface area contributed by atoms with Gasteiger partial charge in [-0.1, -0.05) is 19.1 Å². The summed E-state index contributed by atoms with van der Waals surface area (Å²) in [6.45, 7) is 5.20. The zero-order valence-corrected chi connectivity index (χ0v) is 9.77. The van der Waals surface area contributed by atoms with Crippen LogP contribution in [0, 0.1) is 10.1 Å². The summed E-state index contributed by atoms with van der Waals surface area (Å²) in [6, 6.07) is 7.27. The fraction of sp³-hybridized carbons (Fsp3) is 0.500. The highest BCUT2D eigenvalue weighted by Crippen LogP contribution is 2.11. The summed E-state index contributed by atoms with van der Waals surface area (Å²) >= 11 is 0. The predicted octanol–water partition coefficient (Wildman–Crippen LogP) is 2.53. The lowest BCUT2D eigenvalue weighted by Gasteiger charge is -2.10. The second-order valence-corrected chi connectivity index (χ2v) is 3.94. The molecule has 4 nitrogen and oxygen atoms in total. The minimum atomic E-state index is -0.374. The van der Waals surface area contributed by atoms with Gasteiger partial charge in [-0.15, -0.1) is 0 Å². The second-order valence-electron chi connectivity index (χ2n) is 3.94. The van der Waals surface area contributed by atoms with E-state index in [0.29, 0.717) is 6.04 Å². The van der Waals surface area contributed by atoms with Crippen LogP contribution in [0.5, 0.6) is 0 Å². The van der Waals surface area contributed by atoms with Crippen molar-refractivity contribution in [3.05, 3.63) is 39.9 Å². The van der Waals surface area contributed by atoms with E-state index in [1.54, 1.807) is 12.1 Å². The third kappa shape index (κ3) is 3.98. The number of rotatable bonds is 6. The molecule has 0 aliphatic carbocycles. The molecule has 0 radical (unpaired) electrons. The molecule has 1 atom stereocenters. The van der Waals surface area contributed by atoms with Gasteiger partial charge in [0.25, 0.3) is 5.69 Å². The van der Waals surface area contributed by atoms with E-state index in [9.17, 15) is 10.1 Å². The zero-order valence-electron chi connectivity index (χ0n) is 9.77. The first-order chi connectivity index (χ1) is 7.63. The van der Waals surface area contributed by atoms with E-state index in [2.05, 4.69) is 19.2 Å². The van der Waals surface area contributed by atoms with E-state index in [1.807, 2.05) is 12.1 Å². The molecule has 1 rings (SSSR count). The first kappa shape index (κ1) is 12.6. The smallest absolute Gasteiger partial charge is 0.269 e.